The lowest BCUT2D eigenvalue weighted by Crippen LogP contribution is -1.99. The molecule has 3 heterocycles. The number of rotatable bonds is 3. The molecule has 9 heteroatoms. The first kappa shape index (κ1) is 18.6. The molecule has 156 valence electrons. The summed E-state index contributed by atoms with van der Waals surface area (Å²) < 4.78 is 12.8. The van der Waals surface area contributed by atoms with Crippen molar-refractivity contribution >= 4 is 39.1 Å². The quantitative estimate of drug-likeness (QED) is 0.268. The minimum Gasteiger partial charge on any atom is -0.454 e. The zero-order chi connectivity index (χ0) is 21.8. The Hall–Kier alpha value is -4.17. The number of nitro benzene ring substituents is 1. The molecule has 0 aliphatic carbocycles. The van der Waals surface area contributed by atoms with Gasteiger partial charge in [0.1, 0.15) is 5.69 Å². The first-order valence-corrected chi connectivity index (χ1v) is 10.1. The van der Waals surface area contributed by atoms with Gasteiger partial charge in [-0.15, -0.1) is 0 Å². The highest BCUT2D eigenvalue weighted by molar-refractivity contribution is 6.30. The lowest BCUT2D eigenvalue weighted by Gasteiger charge is -2.07. The molecule has 1 aliphatic heterocycles. The van der Waals surface area contributed by atoms with Crippen molar-refractivity contribution in [1.29, 1.82) is 0 Å². The van der Waals surface area contributed by atoms with E-state index in [2.05, 4.69) is 4.98 Å². The van der Waals surface area contributed by atoms with Crippen molar-refractivity contribution in [2.45, 2.75) is 0 Å². The first-order chi connectivity index (χ1) is 15.6. The fourth-order valence-corrected chi connectivity index (χ4v) is 4.05. The van der Waals surface area contributed by atoms with Crippen molar-refractivity contribution in [3.63, 3.8) is 0 Å². The summed E-state index contributed by atoms with van der Waals surface area (Å²) in [5.41, 5.74) is 3.56. The smallest absolute Gasteiger partial charge is 0.271 e. The van der Waals surface area contributed by atoms with Crippen molar-refractivity contribution in [3.05, 3.63) is 82.0 Å². The normalized spacial score (nSPS) is 12.5. The lowest BCUT2D eigenvalue weighted by atomic mass is 10.1. The minimum atomic E-state index is -0.424. The summed E-state index contributed by atoms with van der Waals surface area (Å²) in [6, 6.07) is 17.4. The Morgan fingerprint density at radius 2 is 1.78 bits per heavy atom. The van der Waals surface area contributed by atoms with Crippen LogP contribution in [0.25, 0.3) is 38.8 Å². The molecule has 0 fully saturated rings. The van der Waals surface area contributed by atoms with E-state index >= 15 is 0 Å². The third-order valence-corrected chi connectivity index (χ3v) is 5.66. The Bertz CT molecular complexity index is 1550. The molecule has 0 N–H and O–H groups in total. The van der Waals surface area contributed by atoms with Gasteiger partial charge in [-0.2, -0.15) is 5.10 Å². The number of hydrogen-bond donors (Lipinski definition) is 0. The lowest BCUT2D eigenvalue weighted by molar-refractivity contribution is -0.384. The van der Waals surface area contributed by atoms with Gasteiger partial charge in [0, 0.05) is 45.8 Å². The highest BCUT2D eigenvalue weighted by atomic mass is 35.5. The highest BCUT2D eigenvalue weighted by Gasteiger charge is 2.22. The van der Waals surface area contributed by atoms with Crippen molar-refractivity contribution < 1.29 is 14.4 Å². The maximum absolute atomic E-state index is 11.4. The van der Waals surface area contributed by atoms with E-state index in [-0.39, 0.29) is 12.5 Å². The van der Waals surface area contributed by atoms with Crippen LogP contribution in [0.2, 0.25) is 5.02 Å². The number of non-ortho nitro benzene ring substituents is 1. The summed E-state index contributed by atoms with van der Waals surface area (Å²) in [4.78, 5) is 15.6. The van der Waals surface area contributed by atoms with E-state index in [1.54, 1.807) is 35.1 Å². The summed E-state index contributed by atoms with van der Waals surface area (Å²) in [7, 11) is 0. The average molecular weight is 445 g/mol. The maximum atomic E-state index is 11.4. The number of ether oxygens (including phenoxy) is 2. The van der Waals surface area contributed by atoms with Gasteiger partial charge < -0.3 is 9.47 Å². The number of nitrogens with zero attached hydrogens (tertiary/aromatic N) is 4. The second-order valence-electron chi connectivity index (χ2n) is 7.29. The van der Waals surface area contributed by atoms with Crippen LogP contribution in [0.15, 0.2) is 66.9 Å². The molecule has 0 bridgehead atoms. The Balaban J connectivity index is 1.70. The van der Waals surface area contributed by atoms with Gasteiger partial charge in [0.25, 0.3) is 5.69 Å². The molecule has 0 atom stereocenters. The molecule has 2 aromatic heterocycles. The molecular formula is C23H13ClN4O4. The molecule has 5 aromatic rings. The largest absolute Gasteiger partial charge is 0.454 e. The van der Waals surface area contributed by atoms with E-state index in [1.807, 2.05) is 24.3 Å². The monoisotopic (exact) mass is 444 g/mol. The van der Waals surface area contributed by atoms with Crippen LogP contribution in [0.3, 0.4) is 0 Å². The van der Waals surface area contributed by atoms with Gasteiger partial charge in [0.15, 0.2) is 11.5 Å². The minimum absolute atomic E-state index is 0.0184. The van der Waals surface area contributed by atoms with Gasteiger partial charge in [-0.05, 0) is 24.3 Å². The van der Waals surface area contributed by atoms with E-state index in [9.17, 15) is 10.1 Å². The summed E-state index contributed by atoms with van der Waals surface area (Å²) >= 11 is 6.07. The van der Waals surface area contributed by atoms with Crippen LogP contribution in [-0.4, -0.2) is 26.5 Å². The van der Waals surface area contributed by atoms with Crippen LogP contribution in [0, 0.1) is 10.1 Å². The Labute approximate surface area is 185 Å². The molecule has 0 radical (unpaired) electrons. The second kappa shape index (κ2) is 6.93. The standard InChI is InChI=1S/C23H13ClN4O4/c24-14-6-4-13(5-7-14)22-18-11-25-19-10-21-20(31-12-32-21)9-17(19)23(18)27(26-22)15-2-1-3-16(8-15)28(29)30/h1-11H,12H2. The van der Waals surface area contributed by atoms with Crippen LogP contribution in [0.4, 0.5) is 5.69 Å². The fraction of sp³-hybridized carbons (Fsp3) is 0.0435. The van der Waals surface area contributed by atoms with Gasteiger partial charge in [-0.3, -0.25) is 15.1 Å². The molecule has 3 aromatic carbocycles. The van der Waals surface area contributed by atoms with Crippen LogP contribution in [0.5, 0.6) is 11.5 Å². The topological polar surface area (TPSA) is 92.3 Å². The van der Waals surface area contributed by atoms with Gasteiger partial charge >= 0.3 is 0 Å². The van der Waals surface area contributed by atoms with E-state index in [4.69, 9.17) is 26.2 Å². The SMILES string of the molecule is O=[N+]([O-])c1cccc(-n2nc(-c3ccc(Cl)cc3)c3cnc4cc5c(cc4c32)OCO5)c1. The van der Waals surface area contributed by atoms with E-state index in [0.717, 1.165) is 21.9 Å². The van der Waals surface area contributed by atoms with Crippen LogP contribution < -0.4 is 9.47 Å². The van der Waals surface area contributed by atoms with E-state index < -0.39 is 4.92 Å². The second-order valence-corrected chi connectivity index (χ2v) is 7.72. The Morgan fingerprint density at radius 3 is 2.56 bits per heavy atom. The molecule has 0 saturated heterocycles. The average Bonchev–Trinajstić information content (AvgIpc) is 3.42. The van der Waals surface area contributed by atoms with Gasteiger partial charge in [0.2, 0.25) is 6.79 Å². The zero-order valence-electron chi connectivity index (χ0n) is 16.4. The third kappa shape index (κ3) is 2.84. The molecule has 0 amide bonds. The maximum Gasteiger partial charge on any atom is 0.271 e. The van der Waals surface area contributed by atoms with Gasteiger partial charge in [-0.25, -0.2) is 4.68 Å². The molecule has 6 rings (SSSR count). The number of hydrogen-bond acceptors (Lipinski definition) is 6. The first-order valence-electron chi connectivity index (χ1n) is 9.70. The van der Waals surface area contributed by atoms with E-state index in [1.165, 1.54) is 12.1 Å². The van der Waals surface area contributed by atoms with Crippen molar-refractivity contribution in [2.24, 2.45) is 0 Å². The molecule has 0 spiro atoms. The highest BCUT2D eigenvalue weighted by Crippen LogP contribution is 2.40. The van der Waals surface area contributed by atoms with Gasteiger partial charge in [-0.1, -0.05) is 29.8 Å². The molecule has 32 heavy (non-hydrogen) atoms. The van der Waals surface area contributed by atoms with E-state index in [0.29, 0.717) is 33.4 Å². The van der Waals surface area contributed by atoms with Crippen molar-refractivity contribution in [1.82, 2.24) is 14.8 Å². The predicted molar refractivity (Wildman–Crippen MR) is 120 cm³/mol. The van der Waals surface area contributed by atoms with Crippen LogP contribution in [0.1, 0.15) is 0 Å². The molecule has 0 saturated carbocycles. The third-order valence-electron chi connectivity index (χ3n) is 5.40. The van der Waals surface area contributed by atoms with Crippen molar-refractivity contribution in [2.75, 3.05) is 6.79 Å². The van der Waals surface area contributed by atoms with Crippen LogP contribution >= 0.6 is 11.6 Å². The summed E-state index contributed by atoms with van der Waals surface area (Å²) in [6.45, 7) is 0.148. The molecule has 1 aliphatic rings. The Kier molecular flexibility index (Phi) is 4.02. The number of benzene rings is 3. The zero-order valence-corrected chi connectivity index (χ0v) is 17.1. The predicted octanol–water partition coefficient (Wildman–Crippen LogP) is 5.53. The van der Waals surface area contributed by atoms with Crippen molar-refractivity contribution in [3.8, 4) is 28.4 Å². The summed E-state index contributed by atoms with van der Waals surface area (Å²) in [5.74, 6) is 1.25. The number of aromatic nitrogens is 3. The molecular weight excluding hydrogens is 432 g/mol. The molecule has 0 unspecified atom stereocenters. The summed E-state index contributed by atoms with van der Waals surface area (Å²) in [5, 5.41) is 18.4. The number of halogens is 1. The van der Waals surface area contributed by atoms with Gasteiger partial charge in [0.05, 0.1) is 21.6 Å². The number of pyridine rings is 1. The number of fused-ring (bicyclic) bond motifs is 4. The summed E-state index contributed by atoms with van der Waals surface area (Å²) in [6.07, 6.45) is 1.75. The Morgan fingerprint density at radius 1 is 1.00 bits per heavy atom. The number of nitro groups is 1. The molecule has 8 nitrogen and oxygen atoms in total. The fourth-order valence-electron chi connectivity index (χ4n) is 3.92. The van der Waals surface area contributed by atoms with Crippen LogP contribution in [-0.2, 0) is 0 Å².